The van der Waals surface area contributed by atoms with Gasteiger partial charge < -0.3 is 19.5 Å². The third kappa shape index (κ3) is 4.11. The van der Waals surface area contributed by atoms with E-state index < -0.39 is 0 Å². The number of nitrogens with one attached hydrogen (secondary N) is 1. The summed E-state index contributed by atoms with van der Waals surface area (Å²) in [5.74, 6) is 1.19. The Balaban J connectivity index is 1.86. The van der Waals surface area contributed by atoms with E-state index in [4.69, 9.17) is 14.2 Å². The van der Waals surface area contributed by atoms with Crippen molar-refractivity contribution in [1.29, 1.82) is 0 Å². The Morgan fingerprint density at radius 3 is 2.64 bits per heavy atom. The van der Waals surface area contributed by atoms with Gasteiger partial charge in [-0.2, -0.15) is 0 Å². The van der Waals surface area contributed by atoms with Crippen molar-refractivity contribution >= 4 is 16.8 Å². The van der Waals surface area contributed by atoms with Gasteiger partial charge in [-0.3, -0.25) is 14.2 Å². The molecule has 0 spiro atoms. The number of hydrogen-bond acceptors (Lipinski definition) is 6. The number of rotatable bonds is 5. The minimum absolute atomic E-state index is 0.0324. The molecule has 1 N–H and O–H groups in total. The molecule has 0 saturated carbocycles. The molecule has 1 aromatic carbocycles. The van der Waals surface area contributed by atoms with Crippen LogP contribution in [0.2, 0.25) is 0 Å². The minimum Gasteiger partial charge on any atom is -0.493 e. The van der Waals surface area contributed by atoms with Crippen molar-refractivity contribution < 1.29 is 19.0 Å². The molecule has 0 aliphatic carbocycles. The highest BCUT2D eigenvalue weighted by molar-refractivity contribution is 5.82. The first kappa shape index (κ1) is 20.1. The van der Waals surface area contributed by atoms with Crippen LogP contribution < -0.4 is 20.3 Å². The largest absolute Gasteiger partial charge is 0.493 e. The molecule has 0 unspecified atom stereocenters. The van der Waals surface area contributed by atoms with Crippen LogP contribution in [0.3, 0.4) is 0 Å². The summed E-state index contributed by atoms with van der Waals surface area (Å²) in [6, 6.07) is 3.29. The predicted molar refractivity (Wildman–Crippen MR) is 105 cm³/mol. The average Bonchev–Trinajstić information content (AvgIpc) is 2.63. The van der Waals surface area contributed by atoms with Crippen LogP contribution >= 0.6 is 0 Å². The molecule has 1 aromatic heterocycles. The van der Waals surface area contributed by atoms with Crippen LogP contribution in [-0.2, 0) is 16.1 Å². The van der Waals surface area contributed by atoms with Gasteiger partial charge in [0.25, 0.3) is 5.56 Å². The van der Waals surface area contributed by atoms with Crippen LogP contribution in [0.4, 0.5) is 0 Å². The van der Waals surface area contributed by atoms with Crippen molar-refractivity contribution in [1.82, 2.24) is 14.9 Å². The highest BCUT2D eigenvalue weighted by Gasteiger charge is 2.29. The Labute approximate surface area is 163 Å². The van der Waals surface area contributed by atoms with Gasteiger partial charge in [0, 0.05) is 18.7 Å². The lowest BCUT2D eigenvalue weighted by Crippen LogP contribution is -2.47. The van der Waals surface area contributed by atoms with Gasteiger partial charge in [0.15, 0.2) is 11.5 Å². The van der Waals surface area contributed by atoms with Gasteiger partial charge in [-0.15, -0.1) is 0 Å². The fourth-order valence-corrected chi connectivity index (χ4v) is 3.62. The van der Waals surface area contributed by atoms with E-state index in [1.807, 2.05) is 13.8 Å². The molecule has 0 bridgehead atoms. The quantitative estimate of drug-likeness (QED) is 0.838. The van der Waals surface area contributed by atoms with Crippen molar-refractivity contribution in [3.63, 3.8) is 0 Å². The van der Waals surface area contributed by atoms with Crippen molar-refractivity contribution in [2.24, 2.45) is 0 Å². The monoisotopic (exact) mass is 389 g/mol. The molecule has 3 rings (SSSR count). The standard InChI is InChI=1S/C20H27N3O5/c1-12-21-15-9-17(27-5)16(26-4)8-14(15)19(25)23(12)11-18(24)22-13-6-7-28-20(2,3)10-13/h8-9,13H,6-7,10-11H2,1-5H3,(H,22,24)/t13-/m0/s1. The van der Waals surface area contributed by atoms with Gasteiger partial charge in [-0.1, -0.05) is 0 Å². The highest BCUT2D eigenvalue weighted by Crippen LogP contribution is 2.30. The maximum absolute atomic E-state index is 13.0. The normalized spacial score (nSPS) is 18.7. The lowest BCUT2D eigenvalue weighted by Gasteiger charge is -2.35. The highest BCUT2D eigenvalue weighted by atomic mass is 16.5. The summed E-state index contributed by atoms with van der Waals surface area (Å²) in [5.41, 5.74) is -0.0443. The molecule has 2 heterocycles. The summed E-state index contributed by atoms with van der Waals surface area (Å²) >= 11 is 0. The summed E-state index contributed by atoms with van der Waals surface area (Å²) in [5, 5.41) is 3.39. The van der Waals surface area contributed by atoms with Gasteiger partial charge in [0.05, 0.1) is 30.7 Å². The topological polar surface area (TPSA) is 91.7 Å². The summed E-state index contributed by atoms with van der Waals surface area (Å²) in [7, 11) is 3.03. The summed E-state index contributed by atoms with van der Waals surface area (Å²) in [6.07, 6.45) is 1.50. The summed E-state index contributed by atoms with van der Waals surface area (Å²) in [4.78, 5) is 30.0. The predicted octanol–water partition coefficient (Wildman–Crippen LogP) is 1.80. The van der Waals surface area contributed by atoms with E-state index >= 15 is 0 Å². The molecule has 152 valence electrons. The fourth-order valence-electron chi connectivity index (χ4n) is 3.62. The number of benzene rings is 1. The van der Waals surface area contributed by atoms with Gasteiger partial charge in [0.2, 0.25) is 5.91 Å². The number of carbonyl (C=O) groups is 1. The molecular formula is C20H27N3O5. The number of aryl methyl sites for hydroxylation is 1. The first-order valence-electron chi connectivity index (χ1n) is 9.30. The molecule has 8 nitrogen and oxygen atoms in total. The lowest BCUT2D eigenvalue weighted by molar-refractivity contribution is -0.124. The van der Waals surface area contributed by atoms with Gasteiger partial charge in [0.1, 0.15) is 12.4 Å². The second kappa shape index (κ2) is 7.79. The number of aromatic nitrogens is 2. The van der Waals surface area contributed by atoms with E-state index in [0.717, 1.165) is 12.8 Å². The Kier molecular flexibility index (Phi) is 5.60. The number of methoxy groups -OCH3 is 2. The van der Waals surface area contributed by atoms with Gasteiger partial charge in [-0.05, 0) is 39.7 Å². The number of hydrogen-bond donors (Lipinski definition) is 1. The second-order valence-corrected chi connectivity index (χ2v) is 7.64. The Morgan fingerprint density at radius 2 is 2.00 bits per heavy atom. The Morgan fingerprint density at radius 1 is 1.32 bits per heavy atom. The molecule has 1 fully saturated rings. The number of nitrogens with zero attached hydrogens (tertiary/aromatic N) is 2. The van der Waals surface area contributed by atoms with Crippen LogP contribution in [-0.4, -0.2) is 47.9 Å². The Hall–Kier alpha value is -2.61. The smallest absolute Gasteiger partial charge is 0.262 e. The number of carbonyl (C=O) groups excluding carboxylic acids is 1. The maximum atomic E-state index is 13.0. The van der Waals surface area contributed by atoms with Crippen LogP contribution in [0.15, 0.2) is 16.9 Å². The zero-order valence-electron chi connectivity index (χ0n) is 17.0. The van der Waals surface area contributed by atoms with Crippen molar-refractivity contribution in [3.05, 3.63) is 28.3 Å². The van der Waals surface area contributed by atoms with Gasteiger partial charge in [-0.25, -0.2) is 4.98 Å². The molecule has 28 heavy (non-hydrogen) atoms. The first-order valence-corrected chi connectivity index (χ1v) is 9.30. The molecule has 1 saturated heterocycles. The van der Waals surface area contributed by atoms with Crippen molar-refractivity contribution in [2.75, 3.05) is 20.8 Å². The van der Waals surface area contributed by atoms with E-state index in [0.29, 0.717) is 34.8 Å². The number of ether oxygens (including phenoxy) is 3. The average molecular weight is 389 g/mol. The summed E-state index contributed by atoms with van der Waals surface area (Å²) < 4.78 is 17.6. The van der Waals surface area contributed by atoms with Crippen molar-refractivity contribution in [2.45, 2.75) is 51.8 Å². The molecule has 1 aliphatic heterocycles. The zero-order valence-corrected chi connectivity index (χ0v) is 17.0. The van der Waals surface area contributed by atoms with E-state index in [1.54, 1.807) is 19.1 Å². The van der Waals surface area contributed by atoms with Crippen LogP contribution in [0, 0.1) is 6.92 Å². The SMILES string of the molecule is COc1cc2nc(C)n(CC(=O)N[C@H]3CCOC(C)(C)C3)c(=O)c2cc1OC. The lowest BCUT2D eigenvalue weighted by atomic mass is 9.94. The Bertz CT molecular complexity index is 951. The molecular weight excluding hydrogens is 362 g/mol. The van der Waals surface area contributed by atoms with E-state index in [9.17, 15) is 9.59 Å². The molecule has 1 atom stereocenters. The molecule has 0 radical (unpaired) electrons. The molecule has 1 amide bonds. The van der Waals surface area contributed by atoms with E-state index in [-0.39, 0.29) is 29.7 Å². The fraction of sp³-hybridized carbons (Fsp3) is 0.550. The molecule has 1 aliphatic rings. The second-order valence-electron chi connectivity index (χ2n) is 7.64. The minimum atomic E-state index is -0.286. The third-order valence-corrected chi connectivity index (χ3v) is 5.01. The first-order chi connectivity index (χ1) is 13.2. The van der Waals surface area contributed by atoms with E-state index in [1.165, 1.54) is 18.8 Å². The number of fused-ring (bicyclic) bond motifs is 1. The molecule has 2 aromatic rings. The summed E-state index contributed by atoms with van der Waals surface area (Å²) in [6.45, 7) is 6.25. The molecule has 8 heteroatoms. The zero-order chi connectivity index (χ0) is 20.5. The van der Waals surface area contributed by atoms with Crippen LogP contribution in [0.5, 0.6) is 11.5 Å². The van der Waals surface area contributed by atoms with Crippen LogP contribution in [0.25, 0.3) is 10.9 Å². The maximum Gasteiger partial charge on any atom is 0.262 e. The third-order valence-electron chi connectivity index (χ3n) is 5.01. The van der Waals surface area contributed by atoms with E-state index in [2.05, 4.69) is 10.3 Å². The number of amides is 1. The van der Waals surface area contributed by atoms with Crippen LogP contribution in [0.1, 0.15) is 32.5 Å². The van der Waals surface area contributed by atoms with Crippen molar-refractivity contribution in [3.8, 4) is 11.5 Å². The van der Waals surface area contributed by atoms with Gasteiger partial charge >= 0.3 is 0 Å².